The van der Waals surface area contributed by atoms with E-state index in [1.807, 2.05) is 13.8 Å². The first-order valence-electron chi connectivity index (χ1n) is 6.65. The molecule has 2 aromatic rings. The normalized spacial score (nSPS) is 11.2. The van der Waals surface area contributed by atoms with Gasteiger partial charge in [0.15, 0.2) is 0 Å². The molecule has 0 spiro atoms. The van der Waals surface area contributed by atoms with Crippen molar-refractivity contribution in [3.05, 3.63) is 58.7 Å². The van der Waals surface area contributed by atoms with E-state index in [4.69, 9.17) is 5.11 Å². The summed E-state index contributed by atoms with van der Waals surface area (Å²) in [5, 5.41) is 9.10. The van der Waals surface area contributed by atoms with Crippen molar-refractivity contribution in [2.45, 2.75) is 25.7 Å². The van der Waals surface area contributed by atoms with Crippen molar-refractivity contribution in [1.29, 1.82) is 0 Å². The maximum absolute atomic E-state index is 12.4. The van der Waals surface area contributed by atoms with E-state index in [1.165, 1.54) is 18.2 Å². The van der Waals surface area contributed by atoms with Crippen LogP contribution in [0.4, 0.5) is 5.69 Å². The monoisotopic (exact) mass is 319 g/mol. The molecule has 22 heavy (non-hydrogen) atoms. The summed E-state index contributed by atoms with van der Waals surface area (Å²) in [6.07, 6.45) is 0. The summed E-state index contributed by atoms with van der Waals surface area (Å²) in [6, 6.07) is 9.35. The molecule has 0 saturated heterocycles. The third kappa shape index (κ3) is 3.12. The third-order valence-electron chi connectivity index (χ3n) is 3.60. The number of hydrogen-bond donors (Lipinski definition) is 2. The van der Waals surface area contributed by atoms with Crippen LogP contribution in [0.3, 0.4) is 0 Å². The van der Waals surface area contributed by atoms with Crippen LogP contribution >= 0.6 is 0 Å². The Morgan fingerprint density at radius 3 is 2.32 bits per heavy atom. The van der Waals surface area contributed by atoms with Crippen molar-refractivity contribution in [1.82, 2.24) is 0 Å². The molecule has 0 saturated carbocycles. The van der Waals surface area contributed by atoms with Gasteiger partial charge in [0.25, 0.3) is 10.0 Å². The fourth-order valence-corrected chi connectivity index (χ4v) is 3.27. The summed E-state index contributed by atoms with van der Waals surface area (Å²) in [4.78, 5) is 11.3. The Morgan fingerprint density at radius 1 is 1.05 bits per heavy atom. The summed E-state index contributed by atoms with van der Waals surface area (Å²) in [5.41, 5.74) is 2.59. The third-order valence-corrected chi connectivity index (χ3v) is 4.96. The fourth-order valence-electron chi connectivity index (χ4n) is 2.06. The van der Waals surface area contributed by atoms with Gasteiger partial charge in [-0.2, -0.15) is 0 Å². The number of nitrogens with one attached hydrogen (secondary N) is 1. The number of anilines is 1. The van der Waals surface area contributed by atoms with Gasteiger partial charge in [0.2, 0.25) is 0 Å². The van der Waals surface area contributed by atoms with Gasteiger partial charge in [0.05, 0.1) is 16.1 Å². The zero-order valence-corrected chi connectivity index (χ0v) is 13.4. The number of benzene rings is 2. The summed E-state index contributed by atoms with van der Waals surface area (Å²) in [5.74, 6) is -1.09. The molecular formula is C16H17NO4S. The number of carbonyl (C=O) groups is 1. The van der Waals surface area contributed by atoms with Crippen molar-refractivity contribution in [3.63, 3.8) is 0 Å². The molecule has 2 N–H and O–H groups in total. The molecule has 0 aromatic heterocycles. The van der Waals surface area contributed by atoms with E-state index < -0.39 is 16.0 Å². The highest BCUT2D eigenvalue weighted by molar-refractivity contribution is 7.92. The fraction of sp³-hybridized carbons (Fsp3) is 0.188. The van der Waals surface area contributed by atoms with Crippen molar-refractivity contribution in [3.8, 4) is 0 Å². The minimum absolute atomic E-state index is 0.0697. The maximum Gasteiger partial charge on any atom is 0.336 e. The lowest BCUT2D eigenvalue weighted by Gasteiger charge is -2.13. The molecule has 0 heterocycles. The van der Waals surface area contributed by atoms with Crippen LogP contribution in [0.15, 0.2) is 41.3 Å². The van der Waals surface area contributed by atoms with Crippen molar-refractivity contribution >= 4 is 21.7 Å². The summed E-state index contributed by atoms with van der Waals surface area (Å²) in [7, 11) is -3.76. The van der Waals surface area contributed by atoms with Gasteiger partial charge in [-0.15, -0.1) is 0 Å². The molecule has 0 amide bonds. The second-order valence-electron chi connectivity index (χ2n) is 5.13. The second kappa shape index (κ2) is 5.81. The van der Waals surface area contributed by atoms with Crippen LogP contribution in [0.1, 0.15) is 27.0 Å². The van der Waals surface area contributed by atoms with Crippen molar-refractivity contribution in [2.24, 2.45) is 0 Å². The van der Waals surface area contributed by atoms with E-state index in [1.54, 1.807) is 25.1 Å². The Hall–Kier alpha value is -2.34. The number of aryl methyl sites for hydroxylation is 2. The number of sulfonamides is 1. The van der Waals surface area contributed by atoms with Gasteiger partial charge >= 0.3 is 5.97 Å². The highest BCUT2D eigenvalue weighted by Crippen LogP contribution is 2.23. The van der Waals surface area contributed by atoms with E-state index in [0.717, 1.165) is 11.1 Å². The summed E-state index contributed by atoms with van der Waals surface area (Å²) >= 11 is 0. The SMILES string of the molecule is Cc1ccc(S(=O)(=O)Nc2cccc(C(=O)O)c2C)cc1C. The van der Waals surface area contributed by atoms with Gasteiger partial charge in [0.1, 0.15) is 0 Å². The second-order valence-corrected chi connectivity index (χ2v) is 6.82. The zero-order chi connectivity index (χ0) is 16.5. The predicted octanol–water partition coefficient (Wildman–Crippen LogP) is 3.11. The van der Waals surface area contributed by atoms with Crippen molar-refractivity contribution < 1.29 is 18.3 Å². The van der Waals surface area contributed by atoms with Gasteiger partial charge in [-0.25, -0.2) is 13.2 Å². The van der Waals surface area contributed by atoms with Gasteiger partial charge in [-0.1, -0.05) is 12.1 Å². The Balaban J connectivity index is 2.43. The molecule has 2 rings (SSSR count). The number of carboxylic acid groups (broad SMARTS) is 1. The highest BCUT2D eigenvalue weighted by atomic mass is 32.2. The average molecular weight is 319 g/mol. The minimum atomic E-state index is -3.76. The summed E-state index contributed by atoms with van der Waals surface area (Å²) in [6.45, 7) is 5.31. The zero-order valence-electron chi connectivity index (χ0n) is 12.5. The van der Waals surface area contributed by atoms with Crippen LogP contribution < -0.4 is 4.72 Å². The molecule has 0 radical (unpaired) electrons. The molecular weight excluding hydrogens is 302 g/mol. The smallest absolute Gasteiger partial charge is 0.336 e. The van der Waals surface area contributed by atoms with Gasteiger partial charge in [-0.3, -0.25) is 4.72 Å². The number of rotatable bonds is 4. The summed E-state index contributed by atoms with van der Waals surface area (Å²) < 4.78 is 27.3. The molecule has 5 nitrogen and oxygen atoms in total. The highest BCUT2D eigenvalue weighted by Gasteiger charge is 2.18. The lowest BCUT2D eigenvalue weighted by Crippen LogP contribution is -2.15. The Labute approximate surface area is 129 Å². The molecule has 116 valence electrons. The molecule has 0 bridgehead atoms. The number of carboxylic acids is 1. The van der Waals surface area contributed by atoms with Crippen LogP contribution in [0.25, 0.3) is 0 Å². The molecule has 0 atom stereocenters. The molecule has 0 unspecified atom stereocenters. The van der Waals surface area contributed by atoms with Gasteiger partial charge in [0, 0.05) is 0 Å². The quantitative estimate of drug-likeness (QED) is 0.907. The lowest BCUT2D eigenvalue weighted by atomic mass is 10.1. The van der Waals surface area contributed by atoms with Crippen LogP contribution in [-0.4, -0.2) is 19.5 Å². The first-order chi connectivity index (χ1) is 10.2. The van der Waals surface area contributed by atoms with Crippen molar-refractivity contribution in [2.75, 3.05) is 4.72 Å². The Kier molecular flexibility index (Phi) is 4.23. The minimum Gasteiger partial charge on any atom is -0.478 e. The average Bonchev–Trinajstić information content (AvgIpc) is 2.43. The van der Waals surface area contributed by atoms with Gasteiger partial charge in [-0.05, 0) is 61.7 Å². The van der Waals surface area contributed by atoms with Crippen LogP contribution in [-0.2, 0) is 10.0 Å². The first kappa shape index (κ1) is 16.0. The number of hydrogen-bond acceptors (Lipinski definition) is 3. The van der Waals surface area contributed by atoms with E-state index in [-0.39, 0.29) is 16.1 Å². The lowest BCUT2D eigenvalue weighted by molar-refractivity contribution is 0.0696. The molecule has 6 heteroatoms. The van der Waals surface area contributed by atoms with Crippen LogP contribution in [0.2, 0.25) is 0 Å². The topological polar surface area (TPSA) is 83.5 Å². The number of aromatic carboxylic acids is 1. The van der Waals surface area contributed by atoms with Gasteiger partial charge < -0.3 is 5.11 Å². The Morgan fingerprint density at radius 2 is 1.73 bits per heavy atom. The predicted molar refractivity (Wildman–Crippen MR) is 84.9 cm³/mol. The largest absolute Gasteiger partial charge is 0.478 e. The van der Waals surface area contributed by atoms with Crippen LogP contribution in [0.5, 0.6) is 0 Å². The molecule has 0 aliphatic heterocycles. The first-order valence-corrected chi connectivity index (χ1v) is 8.13. The standard InChI is InChI=1S/C16H17NO4S/c1-10-7-8-13(9-11(10)2)22(20,21)17-15-6-4-5-14(12(15)3)16(18)19/h4-9,17H,1-3H3,(H,18,19). The van der Waals surface area contributed by atoms with E-state index in [9.17, 15) is 13.2 Å². The molecule has 0 aliphatic carbocycles. The molecule has 0 aliphatic rings. The van der Waals surface area contributed by atoms with E-state index >= 15 is 0 Å². The van der Waals surface area contributed by atoms with E-state index in [2.05, 4.69) is 4.72 Å². The maximum atomic E-state index is 12.4. The Bertz CT molecular complexity index is 841. The molecule has 2 aromatic carbocycles. The van der Waals surface area contributed by atoms with E-state index in [0.29, 0.717) is 5.56 Å². The molecule has 0 fully saturated rings. The van der Waals surface area contributed by atoms with Crippen LogP contribution in [0, 0.1) is 20.8 Å².